The fourth-order valence-electron chi connectivity index (χ4n) is 9.91. The van der Waals surface area contributed by atoms with Gasteiger partial charge in [0.1, 0.15) is 47.8 Å². The SMILES string of the molecule is CCOc1ccc(Cc2cc(C3CCCC(C)O3)ccc2Cl)cc1.CCOc1ccc(Cc2cc(C3OC(CI)C(I)C(I)C3I)ccc2Cl)cc1.CCOc1ccc(Cc2cc(C3OC(CO)C(O)C(O)C3O)ccc2Cl)cc1. The van der Waals surface area contributed by atoms with Crippen molar-refractivity contribution >= 4 is 125 Å². The molecule has 6 aromatic rings. The Hall–Kier alpha value is -1.77. The summed E-state index contributed by atoms with van der Waals surface area (Å²) in [6.07, 6.45) is 0.632. The molecule has 3 saturated heterocycles. The van der Waals surface area contributed by atoms with Gasteiger partial charge in [0, 0.05) is 23.4 Å². The van der Waals surface area contributed by atoms with Gasteiger partial charge in [-0.05, 0) is 171 Å². The smallest absolute Gasteiger partial charge is 0.119 e. The van der Waals surface area contributed by atoms with Crippen LogP contribution in [0.5, 0.6) is 17.2 Å². The maximum Gasteiger partial charge on any atom is 0.119 e. The van der Waals surface area contributed by atoms with Crippen LogP contribution in [0.15, 0.2) is 127 Å². The third kappa shape index (κ3) is 18.1. The Morgan fingerprint density at radius 3 is 1.31 bits per heavy atom. The molecule has 0 spiro atoms. The molecule has 3 aliphatic rings. The highest BCUT2D eigenvalue weighted by molar-refractivity contribution is 14.1. The number of benzene rings is 6. The first-order valence-electron chi connectivity index (χ1n) is 27.1. The Morgan fingerprint density at radius 2 is 0.900 bits per heavy atom. The van der Waals surface area contributed by atoms with Gasteiger partial charge in [0.15, 0.2) is 0 Å². The maximum atomic E-state index is 10.3. The number of halogens is 7. The van der Waals surface area contributed by atoms with Gasteiger partial charge in [-0.25, -0.2) is 0 Å². The monoisotopic (exact) mass is 1600 g/mol. The van der Waals surface area contributed by atoms with E-state index >= 15 is 0 Å². The molecule has 0 radical (unpaired) electrons. The summed E-state index contributed by atoms with van der Waals surface area (Å²) in [5.41, 5.74) is 9.70. The summed E-state index contributed by atoms with van der Waals surface area (Å²) < 4.78 is 37.3. The lowest BCUT2D eigenvalue weighted by molar-refractivity contribution is -0.231. The van der Waals surface area contributed by atoms with E-state index in [1.54, 1.807) is 12.1 Å². The summed E-state index contributed by atoms with van der Waals surface area (Å²) >= 11 is 29.5. The van der Waals surface area contributed by atoms with Crippen molar-refractivity contribution in [3.63, 3.8) is 0 Å². The van der Waals surface area contributed by atoms with Gasteiger partial charge in [0.05, 0.1) is 58.7 Å². The van der Waals surface area contributed by atoms with Gasteiger partial charge in [-0.3, -0.25) is 0 Å². The molecule has 3 heterocycles. The molecule has 12 unspecified atom stereocenters. The lowest BCUT2D eigenvalue weighted by Gasteiger charge is -2.40. The van der Waals surface area contributed by atoms with E-state index in [9.17, 15) is 20.4 Å². The summed E-state index contributed by atoms with van der Waals surface area (Å²) in [7, 11) is 0. The molecule has 0 aromatic heterocycles. The molecular formula is C63H71Cl3I4O10. The highest BCUT2D eigenvalue weighted by Gasteiger charge is 2.44. The van der Waals surface area contributed by atoms with Crippen molar-refractivity contribution in [3.05, 3.63) is 193 Å². The third-order valence-electron chi connectivity index (χ3n) is 14.2. The minimum Gasteiger partial charge on any atom is -0.494 e. The molecule has 0 bridgehead atoms. The minimum atomic E-state index is -1.42. The summed E-state index contributed by atoms with van der Waals surface area (Å²) in [4.78, 5) is 0. The van der Waals surface area contributed by atoms with Gasteiger partial charge < -0.3 is 48.8 Å². The quantitative estimate of drug-likeness (QED) is 0.0516. The molecule has 10 nitrogen and oxygen atoms in total. The molecule has 12 atom stereocenters. The third-order valence-corrected chi connectivity index (χ3v) is 23.5. The van der Waals surface area contributed by atoms with Crippen LogP contribution in [0.2, 0.25) is 15.1 Å². The molecule has 17 heteroatoms. The second-order valence-electron chi connectivity index (χ2n) is 20.0. The van der Waals surface area contributed by atoms with Gasteiger partial charge >= 0.3 is 0 Å². The molecule has 3 fully saturated rings. The fourth-order valence-corrected chi connectivity index (χ4v) is 15.7. The van der Waals surface area contributed by atoms with E-state index in [1.807, 2.05) is 87.5 Å². The van der Waals surface area contributed by atoms with Crippen LogP contribution >= 0.6 is 125 Å². The Bertz CT molecular complexity index is 2710. The summed E-state index contributed by atoms with van der Waals surface area (Å²) in [5.74, 6) is 2.61. The van der Waals surface area contributed by atoms with E-state index in [0.29, 0.717) is 54.7 Å². The zero-order chi connectivity index (χ0) is 57.5. The van der Waals surface area contributed by atoms with Crippen molar-refractivity contribution < 1.29 is 48.8 Å². The van der Waals surface area contributed by atoms with Crippen LogP contribution in [0.3, 0.4) is 0 Å². The van der Waals surface area contributed by atoms with Crippen LogP contribution in [0.4, 0.5) is 0 Å². The van der Waals surface area contributed by atoms with Crippen molar-refractivity contribution in [3.8, 4) is 17.2 Å². The first kappa shape index (κ1) is 65.8. The first-order valence-corrected chi connectivity index (χ1v) is 33.5. The van der Waals surface area contributed by atoms with Crippen molar-refractivity contribution in [1.82, 2.24) is 0 Å². The highest BCUT2D eigenvalue weighted by Crippen LogP contribution is 2.44. The molecule has 0 amide bonds. The molecule has 0 saturated carbocycles. The topological polar surface area (TPSA) is 136 Å². The number of aliphatic hydroxyl groups is 4. The van der Waals surface area contributed by atoms with Crippen molar-refractivity contribution in [1.29, 1.82) is 0 Å². The number of hydrogen-bond acceptors (Lipinski definition) is 10. The van der Waals surface area contributed by atoms with Gasteiger partial charge in [-0.2, -0.15) is 0 Å². The second-order valence-corrected chi connectivity index (χ2v) is 26.4. The molecule has 432 valence electrons. The molecule has 80 heavy (non-hydrogen) atoms. The zero-order valence-electron chi connectivity index (χ0n) is 45.2. The standard InChI is InChI=1S/C21H21ClI4O2.C21H25ClO6.C21H25ClO2/c2*1-2-27-15-6-3-12(4-7-15)9-14-10-13(5-8-16(14)22)21-20(26)19(25)18(24)17(11-23)28-21;1-3-23-19-10-7-16(8-11-19)13-18-14-17(9-12-20(18)22)21-6-4-5-15(2)24-21/h3-8,10,17-21H,2,9,11H2,1H3;3-8,10,17-21,23-26H,2,9,11H2,1H3;7-12,14-15,21H,3-6,13H2,1-2H3. The van der Waals surface area contributed by atoms with Gasteiger partial charge in [-0.1, -0.05) is 198 Å². The lowest BCUT2D eigenvalue weighted by Crippen LogP contribution is -2.55. The summed E-state index contributed by atoms with van der Waals surface area (Å²) in [5, 5.41) is 41.9. The molecule has 0 aliphatic carbocycles. The van der Waals surface area contributed by atoms with E-state index in [4.69, 9.17) is 63.2 Å². The molecule has 6 aromatic carbocycles. The number of ether oxygens (including phenoxy) is 6. The normalized spacial score (nSPS) is 25.5. The fraction of sp³-hybridized carbons (Fsp3) is 0.429. The molecule has 3 aliphatic heterocycles. The number of hydrogen-bond donors (Lipinski definition) is 4. The Morgan fingerprint density at radius 1 is 0.487 bits per heavy atom. The van der Waals surface area contributed by atoms with Crippen LogP contribution in [-0.4, -0.2) is 99.7 Å². The second kappa shape index (κ2) is 32.7. The van der Waals surface area contributed by atoms with Gasteiger partial charge in [-0.15, -0.1) is 0 Å². The van der Waals surface area contributed by atoms with Crippen LogP contribution in [0.1, 0.15) is 115 Å². The predicted octanol–water partition coefficient (Wildman–Crippen LogP) is 15.4. The van der Waals surface area contributed by atoms with Gasteiger partial charge in [0.2, 0.25) is 0 Å². The van der Waals surface area contributed by atoms with Crippen LogP contribution in [-0.2, 0) is 33.5 Å². The largest absolute Gasteiger partial charge is 0.494 e. The van der Waals surface area contributed by atoms with Gasteiger partial charge in [0.25, 0.3) is 0 Å². The van der Waals surface area contributed by atoms with E-state index in [-0.39, 0.29) is 18.3 Å². The van der Waals surface area contributed by atoms with Crippen molar-refractivity contribution in [2.24, 2.45) is 0 Å². The Labute approximate surface area is 541 Å². The lowest BCUT2D eigenvalue weighted by atomic mass is 9.90. The minimum absolute atomic E-state index is 0.102. The van der Waals surface area contributed by atoms with Crippen molar-refractivity contribution in [2.75, 3.05) is 30.9 Å². The predicted molar refractivity (Wildman–Crippen MR) is 355 cm³/mol. The van der Waals surface area contributed by atoms with E-state index in [1.165, 1.54) is 28.7 Å². The molecule has 4 N–H and O–H groups in total. The van der Waals surface area contributed by atoms with E-state index in [2.05, 4.69) is 146 Å². The van der Waals surface area contributed by atoms with Crippen LogP contribution < -0.4 is 14.2 Å². The number of aliphatic hydroxyl groups excluding tert-OH is 4. The Kier molecular flexibility index (Phi) is 26.8. The van der Waals surface area contributed by atoms with Crippen LogP contribution in [0, 0.1) is 0 Å². The van der Waals surface area contributed by atoms with Crippen molar-refractivity contribution in [2.45, 2.75) is 133 Å². The first-order chi connectivity index (χ1) is 38.5. The van der Waals surface area contributed by atoms with E-state index < -0.39 is 37.1 Å². The molecular weight excluding hydrogens is 1530 g/mol. The summed E-state index contributed by atoms with van der Waals surface area (Å²) in [6, 6.07) is 42.1. The van der Waals surface area contributed by atoms with Crippen LogP contribution in [0.25, 0.3) is 0 Å². The summed E-state index contributed by atoms with van der Waals surface area (Å²) in [6.45, 7) is 9.58. The number of alkyl halides is 4. The average molecular weight is 1600 g/mol. The Balaban J connectivity index is 0.000000174. The zero-order valence-corrected chi connectivity index (χ0v) is 56.1. The highest BCUT2D eigenvalue weighted by atomic mass is 127. The number of rotatable bonds is 17. The molecule has 9 rings (SSSR count). The van der Waals surface area contributed by atoms with E-state index in [0.717, 1.165) is 79.7 Å². The average Bonchev–Trinajstić information content (AvgIpc) is 3.49. The maximum absolute atomic E-state index is 10.3.